The van der Waals surface area contributed by atoms with Gasteiger partial charge in [-0.25, -0.2) is 13.6 Å². The third-order valence-electron chi connectivity index (χ3n) is 6.85. The average molecular weight is 428 g/mol. The maximum Gasteiger partial charge on any atom is 0.322 e. The van der Waals surface area contributed by atoms with Gasteiger partial charge in [-0.05, 0) is 57.5 Å². The van der Waals surface area contributed by atoms with Crippen LogP contribution >= 0.6 is 0 Å². The van der Waals surface area contributed by atoms with Crippen LogP contribution in [0.5, 0.6) is 0 Å². The predicted octanol–water partition coefficient (Wildman–Crippen LogP) is 3.36. The fraction of sp³-hybridized carbons (Fsp3) is 0.391. The Bertz CT molecular complexity index is 994. The summed E-state index contributed by atoms with van der Waals surface area (Å²) >= 11 is 0. The molecule has 2 fully saturated rings. The number of nitrogens with zero attached hydrogens (tertiary/aromatic N) is 2. The first-order valence-electron chi connectivity index (χ1n) is 10.3. The Kier molecular flexibility index (Phi) is 5.21. The van der Waals surface area contributed by atoms with E-state index in [0.717, 1.165) is 29.9 Å². The van der Waals surface area contributed by atoms with Crippen LogP contribution in [0.2, 0.25) is 0 Å². The van der Waals surface area contributed by atoms with Gasteiger partial charge in [-0.2, -0.15) is 0 Å². The summed E-state index contributed by atoms with van der Waals surface area (Å²) < 4.78 is 29.3. The largest absolute Gasteiger partial charge is 0.366 e. The number of hydrogen-bond donors (Lipinski definition) is 2. The minimum Gasteiger partial charge on any atom is -0.366 e. The molecule has 3 amide bonds. The highest BCUT2D eigenvalue weighted by molar-refractivity contribution is 5.97. The van der Waals surface area contributed by atoms with E-state index in [-0.39, 0.29) is 17.6 Å². The van der Waals surface area contributed by atoms with E-state index in [4.69, 9.17) is 5.73 Å². The lowest BCUT2D eigenvalue weighted by atomic mass is 9.69. The number of nitrogens with two attached hydrogens (primary N) is 1. The quantitative estimate of drug-likeness (QED) is 0.784. The summed E-state index contributed by atoms with van der Waals surface area (Å²) in [4.78, 5) is 27.3. The summed E-state index contributed by atoms with van der Waals surface area (Å²) in [7, 11) is 4.10. The molecule has 4 rings (SSSR count). The number of nitrogens with one attached hydrogen (secondary N) is 1. The Morgan fingerprint density at radius 2 is 1.65 bits per heavy atom. The van der Waals surface area contributed by atoms with Crippen molar-refractivity contribution >= 4 is 17.6 Å². The Morgan fingerprint density at radius 3 is 2.16 bits per heavy atom. The number of rotatable bonds is 4. The Morgan fingerprint density at radius 1 is 1.06 bits per heavy atom. The van der Waals surface area contributed by atoms with Crippen LogP contribution in [0.3, 0.4) is 0 Å². The first-order valence-corrected chi connectivity index (χ1v) is 10.3. The van der Waals surface area contributed by atoms with Crippen molar-refractivity contribution in [3.63, 3.8) is 0 Å². The summed E-state index contributed by atoms with van der Waals surface area (Å²) in [6.07, 6.45) is 2.93. The monoisotopic (exact) mass is 428 g/mol. The summed E-state index contributed by atoms with van der Waals surface area (Å²) in [5, 5.41) is 2.98. The predicted molar refractivity (Wildman–Crippen MR) is 114 cm³/mol. The van der Waals surface area contributed by atoms with E-state index < -0.39 is 34.8 Å². The second kappa shape index (κ2) is 7.60. The summed E-state index contributed by atoms with van der Waals surface area (Å²) in [6.45, 7) is 0.161. The number of carbonyl (C=O) groups is 2. The molecular weight excluding hydrogens is 402 g/mol. The van der Waals surface area contributed by atoms with Gasteiger partial charge in [0.05, 0.1) is 12.1 Å². The zero-order valence-corrected chi connectivity index (χ0v) is 17.6. The van der Waals surface area contributed by atoms with Crippen LogP contribution < -0.4 is 16.0 Å². The fourth-order valence-corrected chi connectivity index (χ4v) is 5.02. The molecule has 8 heteroatoms. The second-order valence-electron chi connectivity index (χ2n) is 8.74. The molecule has 1 aliphatic carbocycles. The molecule has 0 atom stereocenters. The number of carbonyl (C=O) groups excluding carboxylic acids is 2. The van der Waals surface area contributed by atoms with Gasteiger partial charge >= 0.3 is 6.03 Å². The maximum atomic E-state index is 14.6. The van der Waals surface area contributed by atoms with Gasteiger partial charge in [0.2, 0.25) is 5.91 Å². The molecule has 0 unspecified atom stereocenters. The highest BCUT2D eigenvalue weighted by atomic mass is 19.1. The van der Waals surface area contributed by atoms with Gasteiger partial charge in [-0.1, -0.05) is 30.3 Å². The Labute approximate surface area is 180 Å². The number of halogens is 2. The van der Waals surface area contributed by atoms with Gasteiger partial charge in [0, 0.05) is 11.1 Å². The molecule has 31 heavy (non-hydrogen) atoms. The van der Waals surface area contributed by atoms with Crippen molar-refractivity contribution in [3.05, 3.63) is 65.2 Å². The molecule has 2 aromatic rings. The molecule has 3 N–H and O–H groups in total. The first kappa shape index (κ1) is 21.2. The molecule has 1 saturated carbocycles. The molecule has 2 aliphatic rings. The van der Waals surface area contributed by atoms with Crippen molar-refractivity contribution in [1.82, 2.24) is 10.2 Å². The number of hydrogen-bond acceptors (Lipinski definition) is 3. The SMILES string of the molecule is CN(C)C1(c2ccccc2)CCC2(CC1)CN(c1c(F)cc(C(N)=O)cc1F)C(=O)N2. The van der Waals surface area contributed by atoms with Crippen molar-refractivity contribution in [2.45, 2.75) is 36.8 Å². The van der Waals surface area contributed by atoms with Crippen LogP contribution in [0.15, 0.2) is 42.5 Å². The molecule has 6 nitrogen and oxygen atoms in total. The molecule has 1 heterocycles. The molecule has 1 aliphatic heterocycles. The van der Waals surface area contributed by atoms with Crippen LogP contribution in [-0.2, 0) is 5.54 Å². The van der Waals surface area contributed by atoms with E-state index >= 15 is 0 Å². The normalized spacial score (nSPS) is 25.8. The molecule has 1 spiro atoms. The number of benzene rings is 2. The number of primary amides is 1. The first-order chi connectivity index (χ1) is 14.7. The number of anilines is 1. The second-order valence-corrected chi connectivity index (χ2v) is 8.74. The van der Waals surface area contributed by atoms with E-state index in [1.54, 1.807) is 0 Å². The third-order valence-corrected chi connectivity index (χ3v) is 6.85. The molecular formula is C23H26F2N4O2. The molecule has 0 radical (unpaired) electrons. The maximum absolute atomic E-state index is 14.6. The molecule has 0 bridgehead atoms. The van der Waals surface area contributed by atoms with Crippen molar-refractivity contribution in [3.8, 4) is 0 Å². The van der Waals surface area contributed by atoms with Crippen molar-refractivity contribution in [2.24, 2.45) is 5.73 Å². The van der Waals surface area contributed by atoms with E-state index in [1.807, 2.05) is 18.2 Å². The zero-order chi connectivity index (χ0) is 22.4. The van der Waals surface area contributed by atoms with Crippen LogP contribution in [0.4, 0.5) is 19.3 Å². The number of urea groups is 1. The lowest BCUT2D eigenvalue weighted by Crippen LogP contribution is -2.54. The van der Waals surface area contributed by atoms with Gasteiger partial charge in [0.1, 0.15) is 5.69 Å². The highest BCUT2D eigenvalue weighted by Crippen LogP contribution is 2.46. The smallest absolute Gasteiger partial charge is 0.322 e. The fourth-order valence-electron chi connectivity index (χ4n) is 5.02. The van der Waals surface area contributed by atoms with Gasteiger partial charge in [0.15, 0.2) is 11.6 Å². The van der Waals surface area contributed by atoms with Crippen molar-refractivity contribution in [1.29, 1.82) is 0 Å². The molecule has 164 valence electrons. The standard InChI is InChI=1S/C23H26F2N4O2/c1-28(2)23(16-6-4-3-5-7-16)10-8-22(9-11-23)14-29(21(31)27-22)19-17(24)12-15(20(26)30)13-18(19)25/h3-7,12-13H,8-11,14H2,1-2H3,(H2,26,30)(H,27,31). The van der Waals surface area contributed by atoms with E-state index in [0.29, 0.717) is 12.8 Å². The Hall–Kier alpha value is -3.00. The minimum absolute atomic E-state index is 0.161. The minimum atomic E-state index is -0.983. The van der Waals surface area contributed by atoms with Crippen molar-refractivity contribution < 1.29 is 18.4 Å². The van der Waals surface area contributed by atoms with Crippen LogP contribution in [0.25, 0.3) is 0 Å². The average Bonchev–Trinajstić information content (AvgIpc) is 3.04. The van der Waals surface area contributed by atoms with Gasteiger partial charge in [-0.15, -0.1) is 0 Å². The Balaban J connectivity index is 1.59. The summed E-state index contributed by atoms with van der Waals surface area (Å²) in [5.74, 6) is -2.90. The number of amides is 3. The lowest BCUT2D eigenvalue weighted by Gasteiger charge is -2.48. The van der Waals surface area contributed by atoms with Gasteiger partial charge < -0.3 is 11.1 Å². The van der Waals surface area contributed by atoms with E-state index in [9.17, 15) is 18.4 Å². The van der Waals surface area contributed by atoms with E-state index in [1.165, 1.54) is 5.56 Å². The molecule has 1 saturated heterocycles. The van der Waals surface area contributed by atoms with E-state index in [2.05, 4.69) is 36.4 Å². The van der Waals surface area contributed by atoms with Crippen molar-refractivity contribution in [2.75, 3.05) is 25.5 Å². The van der Waals surface area contributed by atoms with Crippen LogP contribution in [-0.4, -0.2) is 43.0 Å². The van der Waals surface area contributed by atoms with Crippen LogP contribution in [0.1, 0.15) is 41.6 Å². The lowest BCUT2D eigenvalue weighted by molar-refractivity contribution is 0.0657. The topological polar surface area (TPSA) is 78.7 Å². The highest BCUT2D eigenvalue weighted by Gasteiger charge is 2.51. The summed E-state index contributed by atoms with van der Waals surface area (Å²) in [6, 6.07) is 11.4. The molecule has 0 aromatic heterocycles. The third kappa shape index (κ3) is 3.54. The molecule has 2 aromatic carbocycles. The summed E-state index contributed by atoms with van der Waals surface area (Å²) in [5.41, 5.74) is 4.89. The zero-order valence-electron chi connectivity index (χ0n) is 17.6. The van der Waals surface area contributed by atoms with Gasteiger partial charge in [-0.3, -0.25) is 14.6 Å². The van der Waals surface area contributed by atoms with Gasteiger partial charge in [0.25, 0.3) is 0 Å². The van der Waals surface area contributed by atoms with Crippen LogP contribution in [0, 0.1) is 11.6 Å².